The number of nitrogens with one attached hydrogen (secondary N) is 1. The molecule has 0 aliphatic rings. The molecule has 0 radical (unpaired) electrons. The molecule has 1 unspecified atom stereocenters. The summed E-state index contributed by atoms with van der Waals surface area (Å²) in [6.45, 7) is 5.65. The molecule has 1 aromatic carbocycles. The number of rotatable bonds is 8. The molecule has 0 amide bonds. The fraction of sp³-hybridized carbons (Fsp3) is 0.600. The van der Waals surface area contributed by atoms with E-state index in [0.29, 0.717) is 6.42 Å². The zero-order chi connectivity index (χ0) is 15.0. The van der Waals surface area contributed by atoms with Gasteiger partial charge in [-0.25, -0.2) is 0 Å². The van der Waals surface area contributed by atoms with Gasteiger partial charge in [0.15, 0.2) is 0 Å². The first kappa shape index (κ1) is 17.4. The summed E-state index contributed by atoms with van der Waals surface area (Å²) in [7, 11) is 0. The van der Waals surface area contributed by atoms with Crippen molar-refractivity contribution in [3.8, 4) is 0 Å². The summed E-state index contributed by atoms with van der Waals surface area (Å²) in [6.07, 6.45) is 1.40. The van der Waals surface area contributed by atoms with Gasteiger partial charge in [0, 0.05) is 5.75 Å². The minimum Gasteiger partial charge on any atom is -0.317 e. The lowest BCUT2D eigenvalue weighted by Crippen LogP contribution is -2.25. The predicted molar refractivity (Wildman–Crippen MR) is 80.0 cm³/mol. The first-order valence-corrected chi connectivity index (χ1v) is 7.86. The molecule has 5 heteroatoms. The van der Waals surface area contributed by atoms with Crippen molar-refractivity contribution in [3.05, 3.63) is 35.4 Å². The molecule has 0 heterocycles. The van der Waals surface area contributed by atoms with E-state index in [9.17, 15) is 13.2 Å². The van der Waals surface area contributed by atoms with Crippen LogP contribution in [0, 0.1) is 12.8 Å². The van der Waals surface area contributed by atoms with Crippen molar-refractivity contribution in [2.24, 2.45) is 5.92 Å². The van der Waals surface area contributed by atoms with Crippen molar-refractivity contribution < 1.29 is 13.2 Å². The molecule has 1 aromatic rings. The molecule has 1 atom stereocenters. The number of benzene rings is 1. The van der Waals surface area contributed by atoms with E-state index in [1.165, 1.54) is 11.1 Å². The molecular formula is C15H22F3NS. The van der Waals surface area contributed by atoms with Crippen LogP contribution in [0.25, 0.3) is 0 Å². The topological polar surface area (TPSA) is 12.0 Å². The van der Waals surface area contributed by atoms with Gasteiger partial charge in [0.25, 0.3) is 0 Å². The number of halogens is 3. The highest BCUT2D eigenvalue weighted by molar-refractivity contribution is 8.00. The molecule has 20 heavy (non-hydrogen) atoms. The molecule has 114 valence electrons. The highest BCUT2D eigenvalue weighted by Gasteiger charge is 2.28. The van der Waals surface area contributed by atoms with Crippen LogP contribution in [0.4, 0.5) is 13.2 Å². The van der Waals surface area contributed by atoms with E-state index in [-0.39, 0.29) is 23.4 Å². The first-order valence-electron chi connectivity index (χ1n) is 6.87. The van der Waals surface area contributed by atoms with E-state index in [1.807, 2.05) is 26.0 Å². The Hall–Kier alpha value is -0.680. The van der Waals surface area contributed by atoms with E-state index in [1.54, 1.807) is 0 Å². The highest BCUT2D eigenvalue weighted by atomic mass is 32.2. The lowest BCUT2D eigenvalue weighted by atomic mass is 9.96. The van der Waals surface area contributed by atoms with Crippen LogP contribution >= 0.6 is 11.8 Å². The van der Waals surface area contributed by atoms with Crippen LogP contribution in [0.3, 0.4) is 0 Å². The SMILES string of the molecule is CCNCC(CCSC(F)(F)F)Cc1ccc(C)cc1. The third-order valence-electron chi connectivity index (χ3n) is 3.12. The Labute approximate surface area is 123 Å². The zero-order valence-corrected chi connectivity index (χ0v) is 12.8. The summed E-state index contributed by atoms with van der Waals surface area (Å²) in [5.41, 5.74) is -1.73. The minimum atomic E-state index is -4.12. The largest absolute Gasteiger partial charge is 0.441 e. The Kier molecular flexibility index (Phi) is 7.45. The van der Waals surface area contributed by atoms with E-state index < -0.39 is 5.51 Å². The molecular weight excluding hydrogens is 283 g/mol. The molecule has 0 saturated heterocycles. The van der Waals surface area contributed by atoms with Gasteiger partial charge >= 0.3 is 5.51 Å². The standard InChI is InChI=1S/C15H22F3NS/c1-3-19-11-14(8-9-20-15(16,17)18)10-13-6-4-12(2)5-7-13/h4-7,14,19H,3,8-11H2,1-2H3. The molecule has 1 nitrogen and oxygen atoms in total. The number of hydrogen-bond donors (Lipinski definition) is 1. The quantitative estimate of drug-likeness (QED) is 0.763. The maximum Gasteiger partial charge on any atom is 0.441 e. The van der Waals surface area contributed by atoms with Gasteiger partial charge in [0.1, 0.15) is 0 Å². The first-order chi connectivity index (χ1) is 9.40. The number of hydrogen-bond acceptors (Lipinski definition) is 2. The van der Waals surface area contributed by atoms with Crippen molar-refractivity contribution >= 4 is 11.8 Å². The monoisotopic (exact) mass is 305 g/mol. The normalized spacial score (nSPS) is 13.4. The molecule has 0 saturated carbocycles. The van der Waals surface area contributed by atoms with Crippen LogP contribution in [-0.2, 0) is 6.42 Å². The third-order valence-corrected chi connectivity index (χ3v) is 3.89. The Bertz CT molecular complexity index is 376. The van der Waals surface area contributed by atoms with Gasteiger partial charge in [-0.15, -0.1) is 0 Å². The van der Waals surface area contributed by atoms with Gasteiger partial charge in [0.2, 0.25) is 0 Å². The average molecular weight is 305 g/mol. The second-order valence-electron chi connectivity index (χ2n) is 4.95. The Morgan fingerprint density at radius 3 is 2.40 bits per heavy atom. The van der Waals surface area contributed by atoms with E-state index in [2.05, 4.69) is 17.4 Å². The smallest absolute Gasteiger partial charge is 0.317 e. The Morgan fingerprint density at radius 1 is 1.20 bits per heavy atom. The maximum absolute atomic E-state index is 12.2. The van der Waals surface area contributed by atoms with Crippen LogP contribution in [0.2, 0.25) is 0 Å². The highest BCUT2D eigenvalue weighted by Crippen LogP contribution is 2.31. The molecule has 0 aliphatic carbocycles. The number of alkyl halides is 3. The molecule has 0 aliphatic heterocycles. The van der Waals surface area contributed by atoms with E-state index in [0.717, 1.165) is 19.5 Å². The van der Waals surface area contributed by atoms with Crippen LogP contribution in [0.1, 0.15) is 24.5 Å². The van der Waals surface area contributed by atoms with E-state index >= 15 is 0 Å². The summed E-state index contributed by atoms with van der Waals surface area (Å²) in [5, 5.41) is 3.24. The van der Waals surface area contributed by atoms with Crippen LogP contribution in [-0.4, -0.2) is 24.4 Å². The summed E-state index contributed by atoms with van der Waals surface area (Å²) in [5.74, 6) is 0.373. The molecule has 0 aromatic heterocycles. The van der Waals surface area contributed by atoms with E-state index in [4.69, 9.17) is 0 Å². The second-order valence-corrected chi connectivity index (χ2v) is 6.11. The molecule has 1 N–H and O–H groups in total. The zero-order valence-electron chi connectivity index (χ0n) is 12.0. The summed E-state index contributed by atoms with van der Waals surface area (Å²) >= 11 is 0.0806. The minimum absolute atomic E-state index is 0.0806. The van der Waals surface area contributed by atoms with Crippen molar-refractivity contribution in [3.63, 3.8) is 0 Å². The molecule has 1 rings (SSSR count). The van der Waals surface area contributed by atoms with Crippen LogP contribution in [0.5, 0.6) is 0 Å². The van der Waals surface area contributed by atoms with Crippen molar-refractivity contribution in [1.29, 1.82) is 0 Å². The summed E-state index contributed by atoms with van der Waals surface area (Å²) in [6, 6.07) is 8.21. The van der Waals surface area contributed by atoms with Gasteiger partial charge in [-0.1, -0.05) is 48.5 Å². The number of thioether (sulfide) groups is 1. The summed E-state index contributed by atoms with van der Waals surface area (Å²) in [4.78, 5) is 0. The number of aryl methyl sites for hydroxylation is 1. The van der Waals surface area contributed by atoms with Gasteiger partial charge in [-0.2, -0.15) is 13.2 Å². The predicted octanol–water partition coefficient (Wildman–Crippen LogP) is 4.41. The second kappa shape index (κ2) is 8.57. The fourth-order valence-corrected chi connectivity index (χ4v) is 2.71. The molecule has 0 fully saturated rings. The summed E-state index contributed by atoms with van der Waals surface area (Å²) < 4.78 is 36.5. The molecule has 0 spiro atoms. The van der Waals surface area contributed by atoms with Gasteiger partial charge in [-0.3, -0.25) is 0 Å². The Morgan fingerprint density at radius 2 is 1.85 bits per heavy atom. The van der Waals surface area contributed by atoms with Crippen molar-refractivity contribution in [1.82, 2.24) is 5.32 Å². The lowest BCUT2D eigenvalue weighted by molar-refractivity contribution is -0.0328. The maximum atomic E-state index is 12.2. The van der Waals surface area contributed by atoms with Gasteiger partial charge < -0.3 is 5.32 Å². The van der Waals surface area contributed by atoms with Crippen molar-refractivity contribution in [2.75, 3.05) is 18.8 Å². The lowest BCUT2D eigenvalue weighted by Gasteiger charge is -2.18. The third kappa shape index (κ3) is 7.80. The Balaban J connectivity index is 2.48. The van der Waals surface area contributed by atoms with Gasteiger partial charge in [0.05, 0.1) is 0 Å². The fourth-order valence-electron chi connectivity index (χ4n) is 2.02. The van der Waals surface area contributed by atoms with Crippen LogP contribution < -0.4 is 5.32 Å². The van der Waals surface area contributed by atoms with Crippen molar-refractivity contribution in [2.45, 2.75) is 32.2 Å². The molecule has 0 bridgehead atoms. The average Bonchev–Trinajstić information content (AvgIpc) is 2.37. The van der Waals surface area contributed by atoms with Crippen LogP contribution in [0.15, 0.2) is 24.3 Å². The van der Waals surface area contributed by atoms with Gasteiger partial charge in [-0.05, 0) is 44.3 Å².